The Morgan fingerprint density at radius 2 is 2.14 bits per heavy atom. The summed E-state index contributed by atoms with van der Waals surface area (Å²) in [6, 6.07) is 4.82. The smallest absolute Gasteiger partial charge is 0.280 e. The number of quaternary nitrogens is 1. The van der Waals surface area contributed by atoms with Gasteiger partial charge in [-0.3, -0.25) is 9.59 Å². The number of aryl methyl sites for hydroxylation is 1. The number of ether oxygens (including phenoxy) is 1. The highest BCUT2D eigenvalue weighted by atomic mass is 32.1. The van der Waals surface area contributed by atoms with Crippen molar-refractivity contribution in [3.05, 3.63) is 45.6 Å². The van der Waals surface area contributed by atoms with Crippen molar-refractivity contribution in [3.63, 3.8) is 0 Å². The average Bonchev–Trinajstić information content (AvgIpc) is 3.21. The molecule has 1 atom stereocenters. The van der Waals surface area contributed by atoms with Gasteiger partial charge in [0.05, 0.1) is 19.2 Å². The molecule has 4 N–H and O–H groups in total. The summed E-state index contributed by atoms with van der Waals surface area (Å²) < 4.78 is 18.8. The fraction of sp³-hybridized carbons (Fsp3) is 0.400. The number of carbonyl (C=O) groups is 2. The maximum absolute atomic E-state index is 13.9. The molecule has 2 amide bonds. The van der Waals surface area contributed by atoms with Crippen molar-refractivity contribution in [3.8, 4) is 5.75 Å². The number of fused-ring (bicyclic) bond motifs is 1. The molecule has 1 aromatic heterocycles. The molecule has 0 aliphatic heterocycles. The first-order chi connectivity index (χ1) is 13.4. The van der Waals surface area contributed by atoms with E-state index in [1.54, 1.807) is 12.1 Å². The Bertz CT molecular complexity index is 897. The van der Waals surface area contributed by atoms with Crippen molar-refractivity contribution in [2.24, 2.45) is 5.73 Å². The summed E-state index contributed by atoms with van der Waals surface area (Å²) in [5.41, 5.74) is 7.78. The van der Waals surface area contributed by atoms with E-state index in [-0.39, 0.29) is 18.2 Å². The highest BCUT2D eigenvalue weighted by Crippen LogP contribution is 2.38. The quantitative estimate of drug-likeness (QED) is 0.621. The summed E-state index contributed by atoms with van der Waals surface area (Å²) in [5.74, 6) is -0.903. The molecule has 1 heterocycles. The van der Waals surface area contributed by atoms with Crippen LogP contribution < -0.4 is 20.7 Å². The molecule has 0 saturated heterocycles. The predicted octanol–water partition coefficient (Wildman–Crippen LogP) is 1.53. The van der Waals surface area contributed by atoms with Gasteiger partial charge in [0, 0.05) is 10.4 Å². The second kappa shape index (κ2) is 8.70. The Labute approximate surface area is 167 Å². The van der Waals surface area contributed by atoms with E-state index in [0.29, 0.717) is 23.7 Å². The van der Waals surface area contributed by atoms with Crippen LogP contribution in [0.1, 0.15) is 39.7 Å². The topological polar surface area (TPSA) is 85.9 Å². The monoisotopic (exact) mass is 406 g/mol. The number of amides is 2. The molecule has 1 unspecified atom stereocenters. The molecule has 0 radical (unpaired) electrons. The van der Waals surface area contributed by atoms with Gasteiger partial charge >= 0.3 is 0 Å². The van der Waals surface area contributed by atoms with Crippen LogP contribution in [-0.4, -0.2) is 32.0 Å². The largest absolute Gasteiger partial charge is 0.494 e. The molecular formula is C20H25FN3O3S+. The number of halogens is 1. The van der Waals surface area contributed by atoms with E-state index in [4.69, 9.17) is 10.5 Å². The van der Waals surface area contributed by atoms with Crippen molar-refractivity contribution in [1.29, 1.82) is 0 Å². The SMILES string of the molecule is CC[NH+](CC(=O)Nc1sc2c(c1C(N)=O)CCC2)Cc1ccc(OC)c(F)c1. The zero-order valence-electron chi connectivity index (χ0n) is 16.1. The van der Waals surface area contributed by atoms with E-state index in [1.807, 2.05) is 6.92 Å². The molecule has 150 valence electrons. The van der Waals surface area contributed by atoms with Crippen molar-refractivity contribution < 1.29 is 23.6 Å². The summed E-state index contributed by atoms with van der Waals surface area (Å²) in [6.45, 7) is 3.39. The van der Waals surface area contributed by atoms with E-state index >= 15 is 0 Å². The highest BCUT2D eigenvalue weighted by molar-refractivity contribution is 7.17. The number of nitrogens with two attached hydrogens (primary N) is 1. The Morgan fingerprint density at radius 1 is 1.36 bits per heavy atom. The molecule has 6 nitrogen and oxygen atoms in total. The first-order valence-corrected chi connectivity index (χ1v) is 10.1. The minimum absolute atomic E-state index is 0.187. The van der Waals surface area contributed by atoms with Crippen LogP contribution in [-0.2, 0) is 24.2 Å². The van der Waals surface area contributed by atoms with Gasteiger partial charge in [0.1, 0.15) is 11.5 Å². The van der Waals surface area contributed by atoms with Crippen LogP contribution in [0.3, 0.4) is 0 Å². The molecule has 1 aliphatic carbocycles. The van der Waals surface area contributed by atoms with Crippen molar-refractivity contribution in [1.82, 2.24) is 0 Å². The van der Waals surface area contributed by atoms with Crippen molar-refractivity contribution in [2.75, 3.05) is 25.5 Å². The van der Waals surface area contributed by atoms with Gasteiger partial charge < -0.3 is 20.7 Å². The lowest BCUT2D eigenvalue weighted by molar-refractivity contribution is -0.903. The standard InChI is InChI=1S/C20H24FN3O3S/c1-3-24(10-12-7-8-15(27-2)14(21)9-12)11-17(25)23-20-18(19(22)26)13-5-4-6-16(13)28-20/h7-9H,3-6,10-11H2,1-2H3,(H2,22,26)(H,23,25)/p+1. The van der Waals surface area contributed by atoms with E-state index < -0.39 is 11.7 Å². The second-order valence-electron chi connectivity index (χ2n) is 6.90. The summed E-state index contributed by atoms with van der Waals surface area (Å²) in [7, 11) is 1.42. The van der Waals surface area contributed by atoms with Crippen LogP contribution in [0.4, 0.5) is 9.39 Å². The number of carbonyl (C=O) groups excluding carboxylic acids is 2. The third-order valence-corrected chi connectivity index (χ3v) is 6.21. The van der Waals surface area contributed by atoms with E-state index in [9.17, 15) is 14.0 Å². The van der Waals surface area contributed by atoms with Crippen LogP contribution in [0.5, 0.6) is 5.75 Å². The van der Waals surface area contributed by atoms with Gasteiger partial charge in [-0.25, -0.2) is 4.39 Å². The summed E-state index contributed by atoms with van der Waals surface area (Å²) in [6.07, 6.45) is 2.77. The summed E-state index contributed by atoms with van der Waals surface area (Å²) >= 11 is 1.44. The van der Waals surface area contributed by atoms with Gasteiger partial charge in [0.15, 0.2) is 18.1 Å². The van der Waals surface area contributed by atoms with Gasteiger partial charge in [-0.05, 0) is 49.9 Å². The molecule has 0 saturated carbocycles. The number of nitrogens with one attached hydrogen (secondary N) is 2. The average molecular weight is 407 g/mol. The Morgan fingerprint density at radius 3 is 2.79 bits per heavy atom. The lowest BCUT2D eigenvalue weighted by Crippen LogP contribution is -3.11. The van der Waals surface area contributed by atoms with Gasteiger partial charge in [-0.15, -0.1) is 11.3 Å². The van der Waals surface area contributed by atoms with Gasteiger partial charge in [-0.2, -0.15) is 0 Å². The maximum atomic E-state index is 13.9. The molecule has 3 rings (SSSR count). The van der Waals surface area contributed by atoms with E-state index in [1.165, 1.54) is 24.5 Å². The molecule has 2 aromatic rings. The summed E-state index contributed by atoms with van der Waals surface area (Å²) in [5, 5.41) is 3.41. The van der Waals surface area contributed by atoms with Crippen LogP contribution >= 0.6 is 11.3 Å². The molecule has 1 aromatic carbocycles. The predicted molar refractivity (Wildman–Crippen MR) is 107 cm³/mol. The number of anilines is 1. The number of thiophene rings is 1. The van der Waals surface area contributed by atoms with E-state index in [0.717, 1.165) is 40.2 Å². The lowest BCUT2D eigenvalue weighted by Gasteiger charge is -2.17. The van der Waals surface area contributed by atoms with Gasteiger partial charge in [-0.1, -0.05) is 0 Å². The third-order valence-electron chi connectivity index (χ3n) is 5.00. The number of hydrogen-bond donors (Lipinski definition) is 3. The van der Waals surface area contributed by atoms with Crippen LogP contribution in [0.25, 0.3) is 0 Å². The first kappa shape index (κ1) is 20.3. The number of hydrogen-bond acceptors (Lipinski definition) is 4. The number of primary amides is 1. The molecule has 0 fully saturated rings. The van der Waals surface area contributed by atoms with Crippen LogP contribution in [0.15, 0.2) is 18.2 Å². The maximum Gasteiger partial charge on any atom is 0.280 e. The Hall–Kier alpha value is -2.45. The van der Waals surface area contributed by atoms with Gasteiger partial charge in [0.2, 0.25) is 0 Å². The molecule has 28 heavy (non-hydrogen) atoms. The summed E-state index contributed by atoms with van der Waals surface area (Å²) in [4.78, 5) is 26.5. The molecule has 8 heteroatoms. The molecule has 0 bridgehead atoms. The van der Waals surface area contributed by atoms with Crippen molar-refractivity contribution >= 4 is 28.2 Å². The number of likely N-dealkylation sites (N-methyl/N-ethyl adjacent to an activating group) is 1. The van der Waals surface area contributed by atoms with Gasteiger partial charge in [0.25, 0.3) is 11.8 Å². The zero-order valence-corrected chi connectivity index (χ0v) is 16.9. The first-order valence-electron chi connectivity index (χ1n) is 9.33. The third kappa shape index (κ3) is 4.34. The second-order valence-corrected chi connectivity index (χ2v) is 8.01. The highest BCUT2D eigenvalue weighted by Gasteiger charge is 2.26. The molecular weight excluding hydrogens is 381 g/mol. The number of benzene rings is 1. The van der Waals surface area contributed by atoms with Crippen molar-refractivity contribution in [2.45, 2.75) is 32.7 Å². The van der Waals surface area contributed by atoms with Crippen LogP contribution in [0.2, 0.25) is 0 Å². The minimum atomic E-state index is -0.497. The fourth-order valence-electron chi connectivity index (χ4n) is 3.57. The number of rotatable bonds is 8. The lowest BCUT2D eigenvalue weighted by atomic mass is 10.1. The minimum Gasteiger partial charge on any atom is -0.494 e. The molecule has 0 spiro atoms. The Balaban J connectivity index is 1.66. The zero-order chi connectivity index (χ0) is 20.3. The fourth-order valence-corrected chi connectivity index (χ4v) is 4.88. The van der Waals surface area contributed by atoms with Crippen LogP contribution in [0, 0.1) is 5.82 Å². The normalized spacial score (nSPS) is 13.8. The van der Waals surface area contributed by atoms with E-state index in [2.05, 4.69) is 5.32 Å². The molecule has 1 aliphatic rings. The number of methoxy groups -OCH3 is 1. The Kier molecular flexibility index (Phi) is 6.31.